The van der Waals surface area contributed by atoms with Gasteiger partial charge in [0.25, 0.3) is 10.1 Å². The van der Waals surface area contributed by atoms with Gasteiger partial charge >= 0.3 is 29.6 Å². The molecule has 14 heavy (non-hydrogen) atoms. The molecule has 0 fully saturated rings. The average molecular weight is 231 g/mol. The van der Waals surface area contributed by atoms with Gasteiger partial charge in [0.15, 0.2) is 0 Å². The van der Waals surface area contributed by atoms with Crippen LogP contribution in [0.25, 0.3) is 0 Å². The Morgan fingerprint density at radius 3 is 1.93 bits per heavy atom. The van der Waals surface area contributed by atoms with Crippen LogP contribution in [-0.4, -0.2) is 31.6 Å². The Morgan fingerprint density at radius 2 is 1.93 bits per heavy atom. The molecule has 0 unspecified atom stereocenters. The number of carbonyl (C=O) groups excluding carboxylic acids is 1. The molecule has 3 N–H and O–H groups in total. The van der Waals surface area contributed by atoms with E-state index in [4.69, 9.17) is 10.3 Å². The van der Waals surface area contributed by atoms with Crippen LogP contribution in [0.5, 0.6) is 0 Å². The second-order valence-electron chi connectivity index (χ2n) is 2.41. The Morgan fingerprint density at radius 1 is 1.50 bits per heavy atom. The predicted molar refractivity (Wildman–Crippen MR) is 50.6 cm³/mol. The Kier molecular flexibility index (Phi) is 16.1. The zero-order valence-electron chi connectivity index (χ0n) is 8.65. The van der Waals surface area contributed by atoms with Crippen molar-refractivity contribution in [2.45, 2.75) is 13.8 Å². The van der Waals surface area contributed by atoms with Crippen LogP contribution in [0.3, 0.4) is 0 Å². The first-order chi connectivity index (χ1) is 5.83. The van der Waals surface area contributed by atoms with E-state index >= 15 is 0 Å². The summed E-state index contributed by atoms with van der Waals surface area (Å²) in [6, 6.07) is 0. The first-order valence-electron chi connectivity index (χ1n) is 3.49. The molecule has 0 saturated carbocycles. The van der Waals surface area contributed by atoms with Gasteiger partial charge in [-0.2, -0.15) is 14.5 Å². The Bertz CT molecular complexity index is 257. The predicted octanol–water partition coefficient (Wildman–Crippen LogP) is -3.10. The van der Waals surface area contributed by atoms with Crippen LogP contribution >= 0.6 is 0 Å². The number of hydrogen-bond acceptors (Lipinski definition) is 4. The maximum Gasteiger partial charge on any atom is 1.00 e. The third-order valence-corrected chi connectivity index (χ3v) is 1.48. The van der Waals surface area contributed by atoms with Gasteiger partial charge in [-0.3, -0.25) is 4.55 Å². The van der Waals surface area contributed by atoms with E-state index in [1.165, 1.54) is 6.08 Å². The van der Waals surface area contributed by atoms with Gasteiger partial charge in [-0.25, -0.2) is 5.57 Å². The number of rotatable bonds is 3. The number of hydrogen-bond donors (Lipinski definition) is 2. The molecule has 0 heterocycles. The molecule has 0 spiro atoms. The van der Waals surface area contributed by atoms with Crippen molar-refractivity contribution in [3.63, 3.8) is 0 Å². The van der Waals surface area contributed by atoms with Gasteiger partial charge in [-0.15, -0.1) is 13.8 Å². The number of nitrogens with two attached hydrogens (primary N) is 1. The SMILES string of the molecule is CC(C)=C[C-]=O.NCCS(=O)(=O)O.[Na+]. The first-order valence-corrected chi connectivity index (χ1v) is 5.10. The molecule has 0 saturated heterocycles. The maximum atomic E-state index is 9.71. The van der Waals surface area contributed by atoms with Gasteiger partial charge in [-0.05, 0) is 6.29 Å². The van der Waals surface area contributed by atoms with Crippen molar-refractivity contribution in [1.82, 2.24) is 0 Å². The minimum atomic E-state index is -3.80. The third kappa shape index (κ3) is 29.5. The van der Waals surface area contributed by atoms with Crippen LogP contribution in [0.15, 0.2) is 11.6 Å². The molecule has 0 atom stereocenters. The molecule has 5 nitrogen and oxygen atoms in total. The van der Waals surface area contributed by atoms with Crippen LogP contribution in [0.4, 0.5) is 0 Å². The summed E-state index contributed by atoms with van der Waals surface area (Å²) >= 11 is 0. The van der Waals surface area contributed by atoms with Crippen molar-refractivity contribution in [3.05, 3.63) is 11.6 Å². The topological polar surface area (TPSA) is 97.5 Å². The van der Waals surface area contributed by atoms with Crippen molar-refractivity contribution in [1.29, 1.82) is 0 Å². The minimum Gasteiger partial charge on any atom is -0.419 e. The number of allylic oxidation sites excluding steroid dienone is 2. The van der Waals surface area contributed by atoms with E-state index in [1.807, 2.05) is 13.8 Å². The van der Waals surface area contributed by atoms with Crippen molar-refractivity contribution in [3.8, 4) is 0 Å². The van der Waals surface area contributed by atoms with Gasteiger partial charge < -0.3 is 10.5 Å². The molecular formula is C7H14NNaO4S. The monoisotopic (exact) mass is 231 g/mol. The summed E-state index contributed by atoms with van der Waals surface area (Å²) < 4.78 is 27.3. The summed E-state index contributed by atoms with van der Waals surface area (Å²) in [5.41, 5.74) is 5.77. The molecule has 78 valence electrons. The molecule has 0 aliphatic heterocycles. The quantitative estimate of drug-likeness (QED) is 0.232. The Balaban J connectivity index is -0.000000163. The summed E-state index contributed by atoms with van der Waals surface area (Å²) in [7, 11) is -3.80. The fraction of sp³-hybridized carbons (Fsp3) is 0.571. The second kappa shape index (κ2) is 11.4. The van der Waals surface area contributed by atoms with E-state index in [1.54, 1.807) is 6.29 Å². The van der Waals surface area contributed by atoms with E-state index in [-0.39, 0.29) is 41.9 Å². The second-order valence-corrected chi connectivity index (χ2v) is 3.99. The molecule has 0 bridgehead atoms. The van der Waals surface area contributed by atoms with E-state index in [0.29, 0.717) is 0 Å². The zero-order chi connectivity index (χ0) is 10.9. The average Bonchev–Trinajstić information content (AvgIpc) is 1.84. The van der Waals surface area contributed by atoms with Crippen molar-refractivity contribution in [2.24, 2.45) is 5.73 Å². The summed E-state index contributed by atoms with van der Waals surface area (Å²) in [5.74, 6) is -0.354. The summed E-state index contributed by atoms with van der Waals surface area (Å²) in [5, 5.41) is 0. The smallest absolute Gasteiger partial charge is 0.419 e. The molecular weight excluding hydrogens is 217 g/mol. The largest absolute Gasteiger partial charge is 1.00 e. The van der Waals surface area contributed by atoms with Crippen LogP contribution < -0.4 is 35.3 Å². The van der Waals surface area contributed by atoms with Crippen LogP contribution in [0.1, 0.15) is 13.8 Å². The van der Waals surface area contributed by atoms with Crippen molar-refractivity contribution in [2.75, 3.05) is 12.3 Å². The fourth-order valence-electron chi connectivity index (χ4n) is 0.267. The molecule has 7 heteroatoms. The standard InChI is InChI=1S/C5H7O.C2H7NO3S.Na/c1-5(2)3-4-6;3-1-2-7(4,5)6;/h3H,1-2H3;1-3H2,(H,4,5,6);/q-1;;+1. The van der Waals surface area contributed by atoms with Gasteiger partial charge in [0, 0.05) is 6.54 Å². The molecule has 0 aromatic carbocycles. The van der Waals surface area contributed by atoms with Crippen LogP contribution in [-0.2, 0) is 14.9 Å². The van der Waals surface area contributed by atoms with Gasteiger partial charge in [0.2, 0.25) is 0 Å². The fourth-order valence-corrected chi connectivity index (χ4v) is 0.565. The normalized spacial score (nSPS) is 8.86. The van der Waals surface area contributed by atoms with E-state index in [2.05, 4.69) is 0 Å². The van der Waals surface area contributed by atoms with Crippen molar-refractivity contribution >= 4 is 16.4 Å². The molecule has 0 rings (SSSR count). The third-order valence-electron chi connectivity index (χ3n) is 0.723. The maximum absolute atomic E-state index is 9.71. The zero-order valence-corrected chi connectivity index (χ0v) is 11.5. The summed E-state index contributed by atoms with van der Waals surface area (Å²) in [6.45, 7) is 3.68. The molecule has 0 aromatic rings. The first kappa shape index (κ1) is 19.8. The van der Waals surface area contributed by atoms with Crippen LogP contribution in [0.2, 0.25) is 0 Å². The molecule has 0 radical (unpaired) electrons. The van der Waals surface area contributed by atoms with Crippen LogP contribution in [0, 0.1) is 0 Å². The van der Waals surface area contributed by atoms with Gasteiger partial charge in [0.1, 0.15) is 0 Å². The minimum absolute atomic E-state index is 0. The molecule has 0 amide bonds. The Hall–Kier alpha value is 0.280. The van der Waals surface area contributed by atoms with E-state index < -0.39 is 10.1 Å². The van der Waals surface area contributed by atoms with E-state index in [0.717, 1.165) is 5.57 Å². The van der Waals surface area contributed by atoms with E-state index in [9.17, 15) is 13.2 Å². The molecule has 0 aromatic heterocycles. The Labute approximate surface area is 107 Å². The molecule has 0 aliphatic rings. The van der Waals surface area contributed by atoms with Crippen molar-refractivity contribution < 1.29 is 47.3 Å². The van der Waals surface area contributed by atoms with Gasteiger partial charge in [0.05, 0.1) is 5.75 Å². The van der Waals surface area contributed by atoms with Gasteiger partial charge in [-0.1, -0.05) is 0 Å². The summed E-state index contributed by atoms with van der Waals surface area (Å²) in [6.07, 6.45) is 3.06. The molecule has 0 aliphatic carbocycles. The summed E-state index contributed by atoms with van der Waals surface area (Å²) in [4.78, 5) is 9.41.